The maximum absolute atomic E-state index is 12.2. The first-order valence-electron chi connectivity index (χ1n) is 8.07. The van der Waals surface area contributed by atoms with E-state index in [2.05, 4.69) is 15.5 Å². The Morgan fingerprint density at radius 1 is 1.37 bits per heavy atom. The van der Waals surface area contributed by atoms with Crippen molar-refractivity contribution in [3.8, 4) is 5.40 Å². The fourth-order valence-corrected chi connectivity index (χ4v) is 3.38. The maximum Gasteiger partial charge on any atom is 0.313 e. The van der Waals surface area contributed by atoms with E-state index in [9.17, 15) is 9.59 Å². The zero-order valence-electron chi connectivity index (χ0n) is 15.2. The number of nitrogens with zero attached hydrogens (tertiary/aromatic N) is 4. The first kappa shape index (κ1) is 20.8. The van der Waals surface area contributed by atoms with Crippen LogP contribution >= 0.6 is 23.5 Å². The number of benzene rings is 1. The number of aryl methyl sites for hydroxylation is 1. The van der Waals surface area contributed by atoms with Gasteiger partial charge in [-0.05, 0) is 49.4 Å². The van der Waals surface area contributed by atoms with Gasteiger partial charge >= 0.3 is 5.97 Å². The number of hydrogen-bond donors (Lipinski definition) is 1. The molecule has 10 heteroatoms. The standard InChI is InChI=1S/C17H19N5O3S2/c1-4-25-16(24)8-14-20-21-17(22(14)3)26-9-15(23)19-13-6-5-12(27-10-18)7-11(13)2/h5-7H,4,8-9H2,1-3H3,(H,19,23). The summed E-state index contributed by atoms with van der Waals surface area (Å²) in [6.45, 7) is 3.93. The topological polar surface area (TPSA) is 110 Å². The highest BCUT2D eigenvalue weighted by atomic mass is 32.2. The van der Waals surface area contributed by atoms with Crippen LogP contribution in [0.15, 0.2) is 28.3 Å². The molecule has 2 aromatic rings. The van der Waals surface area contributed by atoms with Crippen LogP contribution in [0.5, 0.6) is 0 Å². The van der Waals surface area contributed by atoms with Crippen LogP contribution in [-0.4, -0.2) is 39.0 Å². The molecule has 0 fully saturated rings. The van der Waals surface area contributed by atoms with Crippen LogP contribution < -0.4 is 5.32 Å². The summed E-state index contributed by atoms with van der Waals surface area (Å²) < 4.78 is 6.57. The van der Waals surface area contributed by atoms with Crippen molar-refractivity contribution in [2.75, 3.05) is 17.7 Å². The van der Waals surface area contributed by atoms with E-state index in [1.165, 1.54) is 11.8 Å². The van der Waals surface area contributed by atoms with Crippen molar-refractivity contribution in [3.05, 3.63) is 29.6 Å². The molecular weight excluding hydrogens is 386 g/mol. The minimum absolute atomic E-state index is 0.0380. The molecule has 1 heterocycles. The van der Waals surface area contributed by atoms with E-state index < -0.39 is 0 Å². The number of aromatic nitrogens is 3. The fourth-order valence-electron chi connectivity index (χ4n) is 2.17. The first-order valence-corrected chi connectivity index (χ1v) is 9.88. The molecule has 0 aliphatic rings. The number of esters is 1. The molecule has 0 aliphatic heterocycles. The third-order valence-corrected chi connectivity index (χ3v) is 5.10. The number of nitriles is 1. The number of thiocyanates is 1. The summed E-state index contributed by atoms with van der Waals surface area (Å²) in [6, 6.07) is 5.41. The van der Waals surface area contributed by atoms with E-state index in [0.717, 1.165) is 22.2 Å². The van der Waals surface area contributed by atoms with Crippen LogP contribution in [0.25, 0.3) is 0 Å². The van der Waals surface area contributed by atoms with Gasteiger partial charge in [-0.3, -0.25) is 9.59 Å². The number of thioether (sulfide) groups is 2. The number of hydrogen-bond acceptors (Lipinski definition) is 8. The SMILES string of the molecule is CCOC(=O)Cc1nnc(SCC(=O)Nc2ccc(SC#N)cc2C)n1C. The summed E-state index contributed by atoms with van der Waals surface area (Å²) >= 11 is 2.30. The molecule has 1 aromatic carbocycles. The Morgan fingerprint density at radius 2 is 2.15 bits per heavy atom. The van der Waals surface area contributed by atoms with Gasteiger partial charge in [-0.2, -0.15) is 5.26 Å². The Kier molecular flexibility index (Phi) is 7.69. The Labute approximate surface area is 165 Å². The number of carbonyl (C=O) groups is 2. The van der Waals surface area contributed by atoms with Crippen molar-refractivity contribution < 1.29 is 14.3 Å². The molecule has 0 unspecified atom stereocenters. The van der Waals surface area contributed by atoms with Gasteiger partial charge in [0.25, 0.3) is 0 Å². The molecule has 0 atom stereocenters. The summed E-state index contributed by atoms with van der Waals surface area (Å²) in [5.41, 5.74) is 1.58. The second-order valence-electron chi connectivity index (χ2n) is 5.45. The lowest BCUT2D eigenvalue weighted by Crippen LogP contribution is -2.15. The zero-order chi connectivity index (χ0) is 19.8. The first-order chi connectivity index (χ1) is 12.9. The number of carbonyl (C=O) groups excluding carboxylic acids is 2. The lowest BCUT2D eigenvalue weighted by atomic mass is 10.2. The van der Waals surface area contributed by atoms with E-state index >= 15 is 0 Å². The van der Waals surface area contributed by atoms with Crippen molar-refractivity contribution in [2.24, 2.45) is 7.05 Å². The van der Waals surface area contributed by atoms with Crippen LogP contribution in [-0.2, 0) is 27.8 Å². The minimum Gasteiger partial charge on any atom is -0.466 e. The predicted molar refractivity (Wildman–Crippen MR) is 103 cm³/mol. The van der Waals surface area contributed by atoms with Crippen molar-refractivity contribution in [2.45, 2.75) is 30.3 Å². The van der Waals surface area contributed by atoms with Crippen LogP contribution in [0.1, 0.15) is 18.3 Å². The van der Waals surface area contributed by atoms with Gasteiger partial charge in [0.1, 0.15) is 17.6 Å². The van der Waals surface area contributed by atoms with Gasteiger partial charge < -0.3 is 14.6 Å². The normalized spacial score (nSPS) is 10.3. The lowest BCUT2D eigenvalue weighted by Gasteiger charge is -2.09. The van der Waals surface area contributed by atoms with E-state index in [4.69, 9.17) is 10.00 Å². The average Bonchev–Trinajstić information content (AvgIpc) is 2.96. The van der Waals surface area contributed by atoms with Crippen LogP contribution in [0.2, 0.25) is 0 Å². The maximum atomic E-state index is 12.2. The second kappa shape index (κ2) is 9.99. The number of nitrogens with one attached hydrogen (secondary N) is 1. The molecule has 0 radical (unpaired) electrons. The summed E-state index contributed by atoms with van der Waals surface area (Å²) in [7, 11) is 1.74. The molecule has 1 aromatic heterocycles. The van der Waals surface area contributed by atoms with Crippen LogP contribution in [0.4, 0.5) is 5.69 Å². The van der Waals surface area contributed by atoms with E-state index in [1.54, 1.807) is 30.7 Å². The minimum atomic E-state index is -0.365. The summed E-state index contributed by atoms with van der Waals surface area (Å²) in [5, 5.41) is 22.1. The van der Waals surface area contributed by atoms with Gasteiger partial charge in [-0.15, -0.1) is 10.2 Å². The number of ether oxygens (including phenoxy) is 1. The van der Waals surface area contributed by atoms with E-state index in [1.807, 2.05) is 18.4 Å². The van der Waals surface area contributed by atoms with Gasteiger partial charge in [0, 0.05) is 17.6 Å². The number of amides is 1. The smallest absolute Gasteiger partial charge is 0.313 e. The van der Waals surface area contributed by atoms with Crippen molar-refractivity contribution in [1.29, 1.82) is 5.26 Å². The average molecular weight is 406 g/mol. The zero-order valence-corrected chi connectivity index (χ0v) is 16.8. The van der Waals surface area contributed by atoms with Gasteiger partial charge in [0.2, 0.25) is 5.91 Å². The second-order valence-corrected chi connectivity index (χ2v) is 7.25. The molecule has 1 N–H and O–H groups in total. The van der Waals surface area contributed by atoms with E-state index in [-0.39, 0.29) is 24.1 Å². The van der Waals surface area contributed by atoms with Crippen molar-refractivity contribution in [3.63, 3.8) is 0 Å². The highest BCUT2D eigenvalue weighted by molar-refractivity contribution is 8.03. The quantitative estimate of drug-likeness (QED) is 0.405. The van der Waals surface area contributed by atoms with Gasteiger partial charge in [0.15, 0.2) is 5.16 Å². The summed E-state index contributed by atoms with van der Waals surface area (Å²) in [6.07, 6.45) is 0.0380. The molecule has 8 nitrogen and oxygen atoms in total. The van der Waals surface area contributed by atoms with Crippen molar-refractivity contribution >= 4 is 41.1 Å². The Bertz CT molecular complexity index is 876. The molecule has 0 bridgehead atoms. The monoisotopic (exact) mass is 405 g/mol. The predicted octanol–water partition coefficient (Wildman–Crippen LogP) is 2.53. The molecule has 0 saturated heterocycles. The third-order valence-electron chi connectivity index (χ3n) is 3.50. The fraction of sp³-hybridized carbons (Fsp3) is 0.353. The summed E-state index contributed by atoms with van der Waals surface area (Å²) in [4.78, 5) is 24.6. The third kappa shape index (κ3) is 6.01. The lowest BCUT2D eigenvalue weighted by molar-refractivity contribution is -0.142. The Hall–Kier alpha value is -2.51. The molecule has 0 spiro atoms. The Balaban J connectivity index is 1.92. The van der Waals surface area contributed by atoms with Gasteiger partial charge in [-0.25, -0.2) is 0 Å². The molecule has 142 valence electrons. The molecule has 27 heavy (non-hydrogen) atoms. The molecule has 1 amide bonds. The summed E-state index contributed by atoms with van der Waals surface area (Å²) in [5.74, 6) is 0.0896. The molecule has 0 aliphatic carbocycles. The van der Waals surface area contributed by atoms with Crippen molar-refractivity contribution in [1.82, 2.24) is 14.8 Å². The number of rotatable bonds is 8. The molecular formula is C17H19N5O3S2. The highest BCUT2D eigenvalue weighted by Gasteiger charge is 2.15. The van der Waals surface area contributed by atoms with Crippen LogP contribution in [0.3, 0.4) is 0 Å². The van der Waals surface area contributed by atoms with E-state index in [0.29, 0.717) is 23.3 Å². The van der Waals surface area contributed by atoms with Gasteiger partial charge in [0.05, 0.1) is 12.4 Å². The molecule has 2 rings (SSSR count). The molecule has 0 saturated carbocycles. The Morgan fingerprint density at radius 3 is 2.81 bits per heavy atom. The van der Waals surface area contributed by atoms with Crippen LogP contribution in [0, 0.1) is 17.6 Å². The number of anilines is 1. The van der Waals surface area contributed by atoms with Gasteiger partial charge in [-0.1, -0.05) is 11.8 Å². The highest BCUT2D eigenvalue weighted by Crippen LogP contribution is 2.24. The largest absolute Gasteiger partial charge is 0.466 e.